The van der Waals surface area contributed by atoms with Crippen molar-refractivity contribution in [2.45, 2.75) is 39.0 Å². The van der Waals surface area contributed by atoms with Gasteiger partial charge in [-0.2, -0.15) is 0 Å². The molecule has 2 unspecified atom stereocenters. The lowest BCUT2D eigenvalue weighted by molar-refractivity contribution is -0.144. The molecule has 0 radical (unpaired) electrons. The maximum atomic E-state index is 11.4. The lowest BCUT2D eigenvalue weighted by Crippen LogP contribution is -2.09. The second-order valence-electron chi connectivity index (χ2n) is 4.81. The number of esters is 1. The Morgan fingerprint density at radius 1 is 1.27 bits per heavy atom. The van der Waals surface area contributed by atoms with Crippen LogP contribution in [0.3, 0.4) is 0 Å². The molecule has 84 valence electrons. The van der Waals surface area contributed by atoms with Crippen molar-refractivity contribution in [3.63, 3.8) is 0 Å². The van der Waals surface area contributed by atoms with Crippen LogP contribution in [-0.2, 0) is 9.53 Å². The zero-order chi connectivity index (χ0) is 10.7. The summed E-state index contributed by atoms with van der Waals surface area (Å²) in [5, 5.41) is 0. The Morgan fingerprint density at radius 2 is 1.87 bits per heavy atom. The summed E-state index contributed by atoms with van der Waals surface area (Å²) in [5.74, 6) is 2.26. The van der Waals surface area contributed by atoms with Gasteiger partial charge in [-0.05, 0) is 50.4 Å². The quantitative estimate of drug-likeness (QED) is 0.526. The molecule has 1 fully saturated rings. The Kier molecular flexibility index (Phi) is 3.45. The molecule has 2 aliphatic carbocycles. The first-order chi connectivity index (χ1) is 7.29. The maximum Gasteiger partial charge on any atom is 0.306 e. The van der Waals surface area contributed by atoms with Crippen LogP contribution in [0.25, 0.3) is 0 Å². The van der Waals surface area contributed by atoms with Crippen LogP contribution in [0.15, 0.2) is 12.2 Å². The molecule has 0 aliphatic heterocycles. The number of rotatable bonds is 3. The second kappa shape index (κ2) is 4.82. The molecular weight excluding hydrogens is 188 g/mol. The second-order valence-corrected chi connectivity index (χ2v) is 4.81. The minimum absolute atomic E-state index is 0.00546. The third-order valence-corrected chi connectivity index (χ3v) is 3.74. The van der Waals surface area contributed by atoms with Crippen LogP contribution in [0.2, 0.25) is 0 Å². The van der Waals surface area contributed by atoms with Crippen molar-refractivity contribution in [3.05, 3.63) is 12.2 Å². The Balaban J connectivity index is 1.80. The molecule has 2 heteroatoms. The molecule has 0 aromatic heterocycles. The van der Waals surface area contributed by atoms with Gasteiger partial charge < -0.3 is 4.74 Å². The van der Waals surface area contributed by atoms with Crippen LogP contribution in [0.1, 0.15) is 39.0 Å². The Morgan fingerprint density at radius 3 is 2.40 bits per heavy atom. The summed E-state index contributed by atoms with van der Waals surface area (Å²) < 4.78 is 5.00. The average Bonchev–Trinajstić information content (AvgIpc) is 2.59. The van der Waals surface area contributed by atoms with E-state index in [0.717, 1.165) is 11.8 Å². The lowest BCUT2D eigenvalue weighted by Gasteiger charge is -2.19. The van der Waals surface area contributed by atoms with E-state index in [2.05, 4.69) is 12.2 Å². The highest BCUT2D eigenvalue weighted by molar-refractivity contribution is 5.69. The molecule has 2 atom stereocenters. The summed E-state index contributed by atoms with van der Waals surface area (Å²) in [6, 6.07) is 0. The van der Waals surface area contributed by atoms with E-state index in [-0.39, 0.29) is 5.97 Å². The van der Waals surface area contributed by atoms with Crippen molar-refractivity contribution in [2.24, 2.45) is 17.8 Å². The van der Waals surface area contributed by atoms with Gasteiger partial charge in [-0.1, -0.05) is 12.2 Å². The van der Waals surface area contributed by atoms with Gasteiger partial charge in [-0.25, -0.2) is 0 Å². The fourth-order valence-corrected chi connectivity index (χ4v) is 3.08. The molecule has 1 saturated carbocycles. The van der Waals surface area contributed by atoms with E-state index >= 15 is 0 Å². The summed E-state index contributed by atoms with van der Waals surface area (Å²) in [6.07, 6.45) is 10.2. The van der Waals surface area contributed by atoms with Crippen LogP contribution in [0.4, 0.5) is 0 Å². The number of hydrogen-bond acceptors (Lipinski definition) is 2. The molecule has 0 spiro atoms. The smallest absolute Gasteiger partial charge is 0.306 e. The first kappa shape index (κ1) is 10.7. The lowest BCUT2D eigenvalue weighted by atomic mass is 9.86. The molecule has 0 heterocycles. The third kappa shape index (κ3) is 2.61. The zero-order valence-corrected chi connectivity index (χ0v) is 9.45. The van der Waals surface area contributed by atoms with E-state index in [0.29, 0.717) is 18.9 Å². The minimum atomic E-state index is -0.00546. The van der Waals surface area contributed by atoms with Gasteiger partial charge in [0.2, 0.25) is 0 Å². The number of carbonyl (C=O) groups excluding carboxylic acids is 1. The molecule has 0 amide bonds. The average molecular weight is 208 g/mol. The number of allylic oxidation sites excluding steroid dienone is 2. The minimum Gasteiger partial charge on any atom is -0.466 e. The first-order valence-electron chi connectivity index (χ1n) is 6.10. The summed E-state index contributed by atoms with van der Waals surface area (Å²) in [7, 11) is 0. The molecule has 2 nitrogen and oxygen atoms in total. The maximum absolute atomic E-state index is 11.4. The highest BCUT2D eigenvalue weighted by Crippen LogP contribution is 2.44. The topological polar surface area (TPSA) is 26.3 Å². The monoisotopic (exact) mass is 208 g/mol. The van der Waals surface area contributed by atoms with E-state index in [1.54, 1.807) is 0 Å². The normalized spacial score (nSPS) is 33.8. The highest BCUT2D eigenvalue weighted by atomic mass is 16.5. The number of ether oxygens (including phenoxy) is 1. The van der Waals surface area contributed by atoms with Gasteiger partial charge in [0, 0.05) is 6.42 Å². The Hall–Kier alpha value is -0.790. The van der Waals surface area contributed by atoms with Crippen LogP contribution in [-0.4, -0.2) is 12.6 Å². The Bertz CT molecular complexity index is 241. The van der Waals surface area contributed by atoms with Crippen LogP contribution in [0.5, 0.6) is 0 Å². The van der Waals surface area contributed by atoms with Gasteiger partial charge in [0.1, 0.15) is 0 Å². The largest absolute Gasteiger partial charge is 0.466 e. The number of fused-ring (bicyclic) bond motifs is 1. The molecule has 0 saturated heterocycles. The van der Waals surface area contributed by atoms with E-state index in [4.69, 9.17) is 4.74 Å². The van der Waals surface area contributed by atoms with E-state index in [9.17, 15) is 4.79 Å². The standard InChI is InChI=1S/C13H20O2/c1-2-15-13(14)9-10-7-11-5-3-4-6-12(11)8-10/h3-4,10-12H,2,5-9H2,1H3. The summed E-state index contributed by atoms with van der Waals surface area (Å²) >= 11 is 0. The van der Waals surface area contributed by atoms with Crippen molar-refractivity contribution >= 4 is 5.97 Å². The molecule has 0 bridgehead atoms. The highest BCUT2D eigenvalue weighted by Gasteiger charge is 2.35. The van der Waals surface area contributed by atoms with Gasteiger partial charge in [-0.15, -0.1) is 0 Å². The molecule has 0 aromatic rings. The first-order valence-corrected chi connectivity index (χ1v) is 6.10. The summed E-state index contributed by atoms with van der Waals surface area (Å²) in [4.78, 5) is 11.4. The van der Waals surface area contributed by atoms with Crippen molar-refractivity contribution in [3.8, 4) is 0 Å². The summed E-state index contributed by atoms with van der Waals surface area (Å²) in [5.41, 5.74) is 0. The molecule has 2 rings (SSSR count). The molecule has 0 N–H and O–H groups in total. The van der Waals surface area contributed by atoms with E-state index < -0.39 is 0 Å². The zero-order valence-electron chi connectivity index (χ0n) is 9.45. The third-order valence-electron chi connectivity index (χ3n) is 3.74. The van der Waals surface area contributed by atoms with Crippen molar-refractivity contribution < 1.29 is 9.53 Å². The molecule has 15 heavy (non-hydrogen) atoms. The molecular formula is C13H20O2. The van der Waals surface area contributed by atoms with E-state index in [1.807, 2.05) is 6.92 Å². The van der Waals surface area contributed by atoms with Gasteiger partial charge in [0.05, 0.1) is 6.61 Å². The Labute approximate surface area is 91.7 Å². The van der Waals surface area contributed by atoms with Gasteiger partial charge >= 0.3 is 5.97 Å². The van der Waals surface area contributed by atoms with Gasteiger partial charge in [0.15, 0.2) is 0 Å². The predicted octanol–water partition coefficient (Wildman–Crippen LogP) is 2.93. The molecule has 0 aromatic carbocycles. The SMILES string of the molecule is CCOC(=O)CC1CC2CC=CCC2C1. The van der Waals surface area contributed by atoms with Gasteiger partial charge in [-0.3, -0.25) is 4.79 Å². The number of hydrogen-bond donors (Lipinski definition) is 0. The number of carbonyl (C=O) groups is 1. The van der Waals surface area contributed by atoms with Crippen LogP contribution >= 0.6 is 0 Å². The summed E-state index contributed by atoms with van der Waals surface area (Å²) in [6.45, 7) is 2.39. The fourth-order valence-electron chi connectivity index (χ4n) is 3.08. The van der Waals surface area contributed by atoms with Gasteiger partial charge in [0.25, 0.3) is 0 Å². The van der Waals surface area contributed by atoms with Crippen LogP contribution < -0.4 is 0 Å². The van der Waals surface area contributed by atoms with Crippen molar-refractivity contribution in [1.82, 2.24) is 0 Å². The fraction of sp³-hybridized carbons (Fsp3) is 0.769. The van der Waals surface area contributed by atoms with Crippen molar-refractivity contribution in [1.29, 1.82) is 0 Å². The van der Waals surface area contributed by atoms with Crippen molar-refractivity contribution in [2.75, 3.05) is 6.61 Å². The molecule has 2 aliphatic rings. The van der Waals surface area contributed by atoms with Crippen LogP contribution in [0, 0.1) is 17.8 Å². The predicted molar refractivity (Wildman–Crippen MR) is 59.3 cm³/mol. The van der Waals surface area contributed by atoms with E-state index in [1.165, 1.54) is 25.7 Å².